The van der Waals surface area contributed by atoms with E-state index in [4.69, 9.17) is 0 Å². The van der Waals surface area contributed by atoms with Gasteiger partial charge in [-0.15, -0.1) is 0 Å². The highest BCUT2D eigenvalue weighted by molar-refractivity contribution is 5.80. The molecule has 82 valence electrons. The van der Waals surface area contributed by atoms with Gasteiger partial charge in [0.05, 0.1) is 17.6 Å². The highest BCUT2D eigenvalue weighted by Crippen LogP contribution is 2.16. The number of aromatic nitrogens is 1. The Morgan fingerprint density at radius 1 is 1.25 bits per heavy atom. The highest BCUT2D eigenvalue weighted by Gasteiger charge is 1.98. The molecule has 0 N–H and O–H groups in total. The lowest BCUT2D eigenvalue weighted by atomic mass is 10.3. The number of aliphatic imine (C=N–C) groups is 1. The first-order valence-electron chi connectivity index (χ1n) is 5.25. The molecule has 2 aromatic rings. The van der Waals surface area contributed by atoms with Gasteiger partial charge in [0, 0.05) is 12.7 Å². The van der Waals surface area contributed by atoms with Crippen molar-refractivity contribution < 1.29 is 4.39 Å². The largest absolute Gasteiger partial charge is 0.347 e. The van der Waals surface area contributed by atoms with Gasteiger partial charge in [0.2, 0.25) is 0 Å². The zero-order valence-corrected chi connectivity index (χ0v) is 9.10. The average Bonchev–Trinajstić information content (AvgIpc) is 2.75. The predicted molar refractivity (Wildman–Crippen MR) is 63.8 cm³/mol. The third-order valence-corrected chi connectivity index (χ3v) is 2.39. The average molecular weight is 216 g/mol. The lowest BCUT2D eigenvalue weighted by Crippen LogP contribution is -1.97. The molecular weight excluding hydrogens is 203 g/mol. The van der Waals surface area contributed by atoms with Crippen LogP contribution in [0.1, 0.15) is 12.6 Å². The van der Waals surface area contributed by atoms with Crippen molar-refractivity contribution in [3.8, 4) is 0 Å². The fourth-order valence-corrected chi connectivity index (χ4v) is 1.52. The molecule has 0 saturated carbocycles. The molecule has 16 heavy (non-hydrogen) atoms. The summed E-state index contributed by atoms with van der Waals surface area (Å²) in [6, 6.07) is 10.4. The first kappa shape index (κ1) is 10.6. The minimum atomic E-state index is -0.298. The van der Waals surface area contributed by atoms with Crippen LogP contribution in [0.3, 0.4) is 0 Å². The molecule has 0 aliphatic heterocycles. The Morgan fingerprint density at radius 3 is 2.81 bits per heavy atom. The third-order valence-electron chi connectivity index (χ3n) is 2.39. The van der Waals surface area contributed by atoms with E-state index >= 15 is 0 Å². The fourth-order valence-electron chi connectivity index (χ4n) is 1.52. The molecule has 3 heteroatoms. The summed E-state index contributed by atoms with van der Waals surface area (Å²) in [4.78, 5) is 4.14. The molecule has 1 heterocycles. The lowest BCUT2D eigenvalue weighted by Gasteiger charge is -2.00. The summed E-state index contributed by atoms with van der Waals surface area (Å²) in [5, 5.41) is 0. The summed E-state index contributed by atoms with van der Waals surface area (Å²) in [6.45, 7) is 2.94. The van der Waals surface area contributed by atoms with Gasteiger partial charge in [-0.1, -0.05) is 12.1 Å². The molecule has 2 rings (SSSR count). The van der Waals surface area contributed by atoms with Crippen molar-refractivity contribution in [2.45, 2.75) is 13.5 Å². The van der Waals surface area contributed by atoms with Crippen molar-refractivity contribution in [1.82, 2.24) is 4.57 Å². The Morgan fingerprint density at radius 2 is 2.06 bits per heavy atom. The first-order chi connectivity index (χ1) is 7.81. The summed E-state index contributed by atoms with van der Waals surface area (Å²) >= 11 is 0. The van der Waals surface area contributed by atoms with E-state index in [1.165, 1.54) is 6.07 Å². The summed E-state index contributed by atoms with van der Waals surface area (Å²) < 4.78 is 15.3. The van der Waals surface area contributed by atoms with Gasteiger partial charge in [0.15, 0.2) is 0 Å². The van der Waals surface area contributed by atoms with Crippen LogP contribution in [0, 0.1) is 5.82 Å². The Kier molecular flexibility index (Phi) is 3.15. The van der Waals surface area contributed by atoms with Gasteiger partial charge in [0.1, 0.15) is 5.82 Å². The van der Waals surface area contributed by atoms with Crippen LogP contribution < -0.4 is 0 Å². The SMILES string of the molecule is CCn1cccc1C=Nc1ccccc1F. The zero-order chi connectivity index (χ0) is 11.4. The molecule has 0 atom stereocenters. The van der Waals surface area contributed by atoms with Gasteiger partial charge in [-0.3, -0.25) is 4.99 Å². The monoisotopic (exact) mass is 216 g/mol. The van der Waals surface area contributed by atoms with Crippen molar-refractivity contribution in [2.75, 3.05) is 0 Å². The van der Waals surface area contributed by atoms with Crippen molar-refractivity contribution in [2.24, 2.45) is 4.99 Å². The molecule has 0 bridgehead atoms. The van der Waals surface area contributed by atoms with E-state index in [-0.39, 0.29) is 5.82 Å². The number of aryl methyl sites for hydroxylation is 1. The summed E-state index contributed by atoms with van der Waals surface area (Å²) in [5.74, 6) is -0.298. The van der Waals surface area contributed by atoms with E-state index in [1.54, 1.807) is 24.4 Å². The molecule has 0 fully saturated rings. The van der Waals surface area contributed by atoms with Gasteiger partial charge in [-0.25, -0.2) is 4.39 Å². The van der Waals surface area contributed by atoms with Crippen LogP contribution in [-0.2, 0) is 6.54 Å². The maximum Gasteiger partial charge on any atom is 0.148 e. The van der Waals surface area contributed by atoms with Crippen molar-refractivity contribution in [1.29, 1.82) is 0 Å². The maximum absolute atomic E-state index is 13.3. The first-order valence-corrected chi connectivity index (χ1v) is 5.25. The number of nitrogens with zero attached hydrogens (tertiary/aromatic N) is 2. The normalized spacial score (nSPS) is 11.1. The van der Waals surface area contributed by atoms with Crippen LogP contribution in [0.5, 0.6) is 0 Å². The van der Waals surface area contributed by atoms with Crippen LogP contribution in [0.2, 0.25) is 0 Å². The second kappa shape index (κ2) is 4.75. The van der Waals surface area contributed by atoms with Crippen LogP contribution in [0.25, 0.3) is 0 Å². The van der Waals surface area contributed by atoms with E-state index < -0.39 is 0 Å². The third kappa shape index (κ3) is 2.19. The number of hydrogen-bond donors (Lipinski definition) is 0. The predicted octanol–water partition coefficient (Wildman–Crippen LogP) is 3.40. The standard InChI is InChI=1S/C13H13FN2/c1-2-16-9-5-6-11(16)10-15-13-8-4-3-7-12(13)14/h3-10H,2H2,1H3. The van der Waals surface area contributed by atoms with E-state index in [0.717, 1.165) is 12.2 Å². The lowest BCUT2D eigenvalue weighted by molar-refractivity contribution is 0.630. The summed E-state index contributed by atoms with van der Waals surface area (Å²) in [7, 11) is 0. The van der Waals surface area contributed by atoms with E-state index in [9.17, 15) is 4.39 Å². The van der Waals surface area contributed by atoms with Crippen molar-refractivity contribution in [3.63, 3.8) is 0 Å². The topological polar surface area (TPSA) is 17.3 Å². The van der Waals surface area contributed by atoms with Crippen LogP contribution in [0.4, 0.5) is 10.1 Å². The number of rotatable bonds is 3. The Balaban J connectivity index is 2.25. The zero-order valence-electron chi connectivity index (χ0n) is 9.10. The molecule has 0 aliphatic rings. The molecule has 0 unspecified atom stereocenters. The van der Waals surface area contributed by atoms with E-state index in [1.807, 2.05) is 22.9 Å². The van der Waals surface area contributed by atoms with Gasteiger partial charge in [-0.2, -0.15) is 0 Å². The second-order valence-corrected chi connectivity index (χ2v) is 3.43. The quantitative estimate of drug-likeness (QED) is 0.700. The minimum absolute atomic E-state index is 0.298. The molecule has 1 aromatic heterocycles. The molecule has 0 radical (unpaired) electrons. The second-order valence-electron chi connectivity index (χ2n) is 3.43. The highest BCUT2D eigenvalue weighted by atomic mass is 19.1. The van der Waals surface area contributed by atoms with Crippen LogP contribution >= 0.6 is 0 Å². The van der Waals surface area contributed by atoms with Gasteiger partial charge >= 0.3 is 0 Å². The van der Waals surface area contributed by atoms with Gasteiger partial charge in [-0.05, 0) is 31.2 Å². The van der Waals surface area contributed by atoms with Crippen molar-refractivity contribution >= 4 is 11.9 Å². The van der Waals surface area contributed by atoms with Crippen LogP contribution in [0.15, 0.2) is 47.6 Å². The number of halogens is 1. The number of hydrogen-bond acceptors (Lipinski definition) is 1. The summed E-state index contributed by atoms with van der Waals surface area (Å²) in [6.07, 6.45) is 3.66. The van der Waals surface area contributed by atoms with E-state index in [2.05, 4.69) is 11.9 Å². The fraction of sp³-hybridized carbons (Fsp3) is 0.154. The van der Waals surface area contributed by atoms with Gasteiger partial charge < -0.3 is 4.57 Å². The Hall–Kier alpha value is -1.90. The molecule has 2 nitrogen and oxygen atoms in total. The molecule has 0 spiro atoms. The Labute approximate surface area is 94.1 Å². The number of benzene rings is 1. The smallest absolute Gasteiger partial charge is 0.148 e. The molecule has 0 saturated heterocycles. The Bertz CT molecular complexity index is 500. The molecule has 0 aliphatic carbocycles. The molecule has 0 amide bonds. The van der Waals surface area contributed by atoms with Gasteiger partial charge in [0.25, 0.3) is 0 Å². The molecular formula is C13H13FN2. The van der Waals surface area contributed by atoms with Crippen molar-refractivity contribution in [3.05, 3.63) is 54.1 Å². The van der Waals surface area contributed by atoms with E-state index in [0.29, 0.717) is 5.69 Å². The summed E-state index contributed by atoms with van der Waals surface area (Å²) in [5.41, 5.74) is 1.34. The maximum atomic E-state index is 13.3. The molecule has 1 aromatic carbocycles. The number of para-hydroxylation sites is 1. The van der Waals surface area contributed by atoms with Crippen LogP contribution in [-0.4, -0.2) is 10.8 Å². The minimum Gasteiger partial charge on any atom is -0.347 e.